The largest absolute Gasteiger partial charge is 0.348 e. The Balaban J connectivity index is 2.03. The van der Waals surface area contributed by atoms with Crippen molar-refractivity contribution in [3.05, 3.63) is 56.8 Å². The van der Waals surface area contributed by atoms with Gasteiger partial charge in [0.05, 0.1) is 5.56 Å². The summed E-state index contributed by atoms with van der Waals surface area (Å²) >= 11 is 1.66. The Kier molecular flexibility index (Phi) is 3.82. The Bertz CT molecular complexity index is 572. The second-order valence-corrected chi connectivity index (χ2v) is 5.96. The third kappa shape index (κ3) is 2.99. The Morgan fingerprint density at radius 1 is 1.22 bits per heavy atom. The summed E-state index contributed by atoms with van der Waals surface area (Å²) in [5.41, 5.74) is 3.14. The fourth-order valence-corrected chi connectivity index (χ4v) is 2.88. The normalized spacial score (nSPS) is 10.4. The molecule has 0 aliphatic heterocycles. The van der Waals surface area contributed by atoms with Crippen molar-refractivity contribution in [2.24, 2.45) is 0 Å². The monoisotopic (exact) mass is 259 g/mol. The molecule has 0 radical (unpaired) electrons. The number of benzene rings is 1. The van der Waals surface area contributed by atoms with Gasteiger partial charge >= 0.3 is 0 Å². The van der Waals surface area contributed by atoms with Crippen LogP contribution in [0.1, 0.15) is 31.2 Å². The molecule has 0 fully saturated rings. The standard InChI is InChI=1S/C15H17NOS/c1-10-5-4-6-13(7-10)9-16-15(17)14-8-11(2)18-12(14)3/h4-8H,9H2,1-3H3,(H,16,17). The molecule has 1 N–H and O–H groups in total. The number of aryl methyl sites for hydroxylation is 3. The van der Waals surface area contributed by atoms with Crippen LogP contribution in [0.3, 0.4) is 0 Å². The highest BCUT2D eigenvalue weighted by molar-refractivity contribution is 7.12. The van der Waals surface area contributed by atoms with Gasteiger partial charge in [0.25, 0.3) is 5.91 Å². The summed E-state index contributed by atoms with van der Waals surface area (Å²) in [6.45, 7) is 6.64. The summed E-state index contributed by atoms with van der Waals surface area (Å²) in [6, 6.07) is 10.1. The van der Waals surface area contributed by atoms with Crippen molar-refractivity contribution >= 4 is 17.2 Å². The number of carbonyl (C=O) groups excluding carboxylic acids is 1. The van der Waals surface area contributed by atoms with Gasteiger partial charge in [0.15, 0.2) is 0 Å². The third-order valence-corrected chi connectivity index (χ3v) is 3.79. The molecule has 2 nitrogen and oxygen atoms in total. The van der Waals surface area contributed by atoms with Gasteiger partial charge in [-0.15, -0.1) is 11.3 Å². The van der Waals surface area contributed by atoms with E-state index in [1.54, 1.807) is 11.3 Å². The molecule has 0 aliphatic rings. The van der Waals surface area contributed by atoms with E-state index >= 15 is 0 Å². The van der Waals surface area contributed by atoms with Crippen LogP contribution in [0, 0.1) is 20.8 Å². The second kappa shape index (κ2) is 5.36. The fraction of sp³-hybridized carbons (Fsp3) is 0.267. The van der Waals surface area contributed by atoms with E-state index in [9.17, 15) is 4.79 Å². The molecule has 0 atom stereocenters. The van der Waals surface area contributed by atoms with Crippen LogP contribution in [0.25, 0.3) is 0 Å². The lowest BCUT2D eigenvalue weighted by atomic mass is 10.1. The van der Waals surface area contributed by atoms with Crippen LogP contribution < -0.4 is 5.32 Å². The number of amides is 1. The summed E-state index contributed by atoms with van der Waals surface area (Å²) in [6.07, 6.45) is 0. The molecule has 0 saturated carbocycles. The van der Waals surface area contributed by atoms with E-state index in [4.69, 9.17) is 0 Å². The van der Waals surface area contributed by atoms with Crippen LogP contribution in [0.4, 0.5) is 0 Å². The molecule has 2 aromatic rings. The molecule has 0 spiro atoms. The number of nitrogens with one attached hydrogen (secondary N) is 1. The van der Waals surface area contributed by atoms with E-state index in [-0.39, 0.29) is 5.91 Å². The second-order valence-electron chi connectivity index (χ2n) is 4.50. The zero-order valence-corrected chi connectivity index (χ0v) is 11.7. The van der Waals surface area contributed by atoms with Gasteiger partial charge in [-0.1, -0.05) is 29.8 Å². The highest BCUT2D eigenvalue weighted by Gasteiger charge is 2.11. The highest BCUT2D eigenvalue weighted by atomic mass is 32.1. The van der Waals surface area contributed by atoms with Crippen molar-refractivity contribution < 1.29 is 4.79 Å². The van der Waals surface area contributed by atoms with E-state index in [1.165, 1.54) is 10.4 Å². The highest BCUT2D eigenvalue weighted by Crippen LogP contribution is 2.20. The van der Waals surface area contributed by atoms with Crippen molar-refractivity contribution in [3.8, 4) is 0 Å². The molecule has 2 rings (SSSR count). The number of hydrogen-bond donors (Lipinski definition) is 1. The summed E-state index contributed by atoms with van der Waals surface area (Å²) < 4.78 is 0. The van der Waals surface area contributed by atoms with Crippen molar-refractivity contribution in [1.29, 1.82) is 0 Å². The number of carbonyl (C=O) groups is 1. The maximum atomic E-state index is 12.0. The number of thiophene rings is 1. The first kappa shape index (κ1) is 12.8. The number of rotatable bonds is 3. The van der Waals surface area contributed by atoms with Crippen LogP contribution in [0.2, 0.25) is 0 Å². The molecule has 94 valence electrons. The van der Waals surface area contributed by atoms with Gasteiger partial charge in [0.2, 0.25) is 0 Å². The minimum atomic E-state index is 0.0124. The van der Waals surface area contributed by atoms with Crippen LogP contribution >= 0.6 is 11.3 Å². The van der Waals surface area contributed by atoms with E-state index in [0.29, 0.717) is 6.54 Å². The Labute approximate surface area is 112 Å². The van der Waals surface area contributed by atoms with Gasteiger partial charge in [-0.3, -0.25) is 4.79 Å². The van der Waals surface area contributed by atoms with Crippen molar-refractivity contribution in [2.75, 3.05) is 0 Å². The molecule has 0 bridgehead atoms. The fourth-order valence-electron chi connectivity index (χ4n) is 1.96. The summed E-state index contributed by atoms with van der Waals surface area (Å²) in [5.74, 6) is 0.0124. The third-order valence-electron chi connectivity index (χ3n) is 2.82. The average Bonchev–Trinajstić information content (AvgIpc) is 2.66. The predicted molar refractivity (Wildman–Crippen MR) is 76.1 cm³/mol. The first-order valence-corrected chi connectivity index (χ1v) is 6.78. The van der Waals surface area contributed by atoms with E-state index in [2.05, 4.69) is 24.4 Å². The van der Waals surface area contributed by atoms with Crippen LogP contribution in [0.5, 0.6) is 0 Å². The lowest BCUT2D eigenvalue weighted by Gasteiger charge is -2.05. The zero-order valence-electron chi connectivity index (χ0n) is 10.9. The predicted octanol–water partition coefficient (Wildman–Crippen LogP) is 3.60. The van der Waals surface area contributed by atoms with Gasteiger partial charge < -0.3 is 5.32 Å². The Hall–Kier alpha value is -1.61. The van der Waals surface area contributed by atoms with Gasteiger partial charge in [-0.25, -0.2) is 0 Å². The van der Waals surface area contributed by atoms with Crippen LogP contribution in [0.15, 0.2) is 30.3 Å². The van der Waals surface area contributed by atoms with Gasteiger partial charge in [0, 0.05) is 16.3 Å². The number of hydrogen-bond acceptors (Lipinski definition) is 2. The molecular formula is C15H17NOS. The minimum absolute atomic E-state index is 0.0124. The van der Waals surface area contributed by atoms with Gasteiger partial charge in [0.1, 0.15) is 0 Å². The van der Waals surface area contributed by atoms with Crippen molar-refractivity contribution in [1.82, 2.24) is 5.32 Å². The quantitative estimate of drug-likeness (QED) is 0.896. The molecule has 0 unspecified atom stereocenters. The first-order valence-electron chi connectivity index (χ1n) is 5.97. The molecule has 18 heavy (non-hydrogen) atoms. The summed E-state index contributed by atoms with van der Waals surface area (Å²) in [7, 11) is 0. The molecular weight excluding hydrogens is 242 g/mol. The summed E-state index contributed by atoms with van der Waals surface area (Å²) in [5, 5.41) is 2.96. The molecule has 1 aromatic heterocycles. The van der Waals surface area contributed by atoms with Gasteiger partial charge in [-0.2, -0.15) is 0 Å². The van der Waals surface area contributed by atoms with Crippen LogP contribution in [-0.4, -0.2) is 5.91 Å². The van der Waals surface area contributed by atoms with Crippen molar-refractivity contribution in [2.45, 2.75) is 27.3 Å². The molecule has 0 aliphatic carbocycles. The Morgan fingerprint density at radius 2 is 2.00 bits per heavy atom. The van der Waals surface area contributed by atoms with E-state index in [1.807, 2.05) is 32.0 Å². The van der Waals surface area contributed by atoms with E-state index < -0.39 is 0 Å². The lowest BCUT2D eigenvalue weighted by molar-refractivity contribution is 0.0951. The average molecular weight is 259 g/mol. The molecule has 0 saturated heterocycles. The maximum Gasteiger partial charge on any atom is 0.252 e. The van der Waals surface area contributed by atoms with Crippen molar-refractivity contribution in [3.63, 3.8) is 0 Å². The SMILES string of the molecule is Cc1cccc(CNC(=O)c2cc(C)sc2C)c1. The minimum Gasteiger partial charge on any atom is -0.348 e. The molecule has 1 aromatic carbocycles. The van der Waals surface area contributed by atoms with Crippen LogP contribution in [-0.2, 0) is 6.54 Å². The maximum absolute atomic E-state index is 12.0. The topological polar surface area (TPSA) is 29.1 Å². The van der Waals surface area contributed by atoms with E-state index in [0.717, 1.165) is 16.0 Å². The zero-order chi connectivity index (χ0) is 13.1. The lowest BCUT2D eigenvalue weighted by Crippen LogP contribution is -2.22. The Morgan fingerprint density at radius 3 is 2.61 bits per heavy atom. The molecule has 1 amide bonds. The first-order chi connectivity index (χ1) is 8.56. The summed E-state index contributed by atoms with van der Waals surface area (Å²) in [4.78, 5) is 14.3. The molecule has 3 heteroatoms. The smallest absolute Gasteiger partial charge is 0.252 e. The molecule has 1 heterocycles. The van der Waals surface area contributed by atoms with Gasteiger partial charge in [-0.05, 0) is 32.4 Å².